The molecule has 20 heavy (non-hydrogen) atoms. The van der Waals surface area contributed by atoms with Crippen molar-refractivity contribution in [2.24, 2.45) is 0 Å². The van der Waals surface area contributed by atoms with Crippen LogP contribution in [-0.2, 0) is 10.0 Å². The van der Waals surface area contributed by atoms with Crippen molar-refractivity contribution in [3.63, 3.8) is 0 Å². The van der Waals surface area contributed by atoms with E-state index in [-0.39, 0.29) is 24.1 Å². The van der Waals surface area contributed by atoms with Crippen molar-refractivity contribution >= 4 is 15.7 Å². The molecule has 1 aliphatic carbocycles. The number of hydrogen-bond donors (Lipinski definition) is 2. The second kappa shape index (κ2) is 6.56. The standard InChI is InChI=1S/C14H22N2O3S/c15-12-6-8-14(9-7-12)20(18,19)16(10-11-17)13-4-2-1-3-5-13/h6-9,13,17H,1-5,10-11,15H2. The molecule has 0 amide bonds. The fourth-order valence-electron chi connectivity index (χ4n) is 2.74. The first-order valence-corrected chi connectivity index (χ1v) is 8.48. The number of sulfonamides is 1. The average molecular weight is 298 g/mol. The van der Waals surface area contributed by atoms with E-state index < -0.39 is 10.0 Å². The van der Waals surface area contributed by atoms with Gasteiger partial charge in [0.1, 0.15) is 0 Å². The van der Waals surface area contributed by atoms with Crippen molar-refractivity contribution in [2.45, 2.75) is 43.0 Å². The summed E-state index contributed by atoms with van der Waals surface area (Å²) in [5.74, 6) is 0. The first-order valence-electron chi connectivity index (χ1n) is 7.04. The Kier molecular flexibility index (Phi) is 5.01. The lowest BCUT2D eigenvalue weighted by atomic mass is 9.95. The molecule has 3 N–H and O–H groups in total. The Morgan fingerprint density at radius 3 is 2.30 bits per heavy atom. The van der Waals surface area contributed by atoms with Gasteiger partial charge in [0.2, 0.25) is 10.0 Å². The van der Waals surface area contributed by atoms with E-state index >= 15 is 0 Å². The average Bonchev–Trinajstić information content (AvgIpc) is 2.46. The van der Waals surface area contributed by atoms with Gasteiger partial charge in [-0.15, -0.1) is 0 Å². The minimum Gasteiger partial charge on any atom is -0.399 e. The highest BCUT2D eigenvalue weighted by atomic mass is 32.2. The maximum atomic E-state index is 12.7. The Balaban J connectivity index is 2.28. The lowest BCUT2D eigenvalue weighted by molar-refractivity contribution is 0.199. The summed E-state index contributed by atoms with van der Waals surface area (Å²) in [7, 11) is -3.56. The van der Waals surface area contributed by atoms with Gasteiger partial charge in [0, 0.05) is 18.3 Å². The molecule has 2 rings (SSSR count). The van der Waals surface area contributed by atoms with Crippen LogP contribution in [-0.4, -0.2) is 37.0 Å². The minimum atomic E-state index is -3.56. The lowest BCUT2D eigenvalue weighted by Gasteiger charge is -2.33. The van der Waals surface area contributed by atoms with Crippen molar-refractivity contribution < 1.29 is 13.5 Å². The Hall–Kier alpha value is -1.11. The molecule has 0 unspecified atom stereocenters. The van der Waals surface area contributed by atoms with Crippen LogP contribution in [0.15, 0.2) is 29.2 Å². The second-order valence-corrected chi connectivity index (χ2v) is 7.09. The van der Waals surface area contributed by atoms with Crippen LogP contribution in [0.1, 0.15) is 32.1 Å². The third kappa shape index (κ3) is 3.31. The summed E-state index contributed by atoms with van der Waals surface area (Å²) < 4.78 is 26.9. The Bertz CT molecular complexity index is 522. The van der Waals surface area contributed by atoms with Gasteiger partial charge in [-0.3, -0.25) is 0 Å². The molecule has 0 aliphatic heterocycles. The Morgan fingerprint density at radius 2 is 1.75 bits per heavy atom. The van der Waals surface area contributed by atoms with Crippen LogP contribution in [0.5, 0.6) is 0 Å². The molecule has 1 aliphatic rings. The van der Waals surface area contributed by atoms with Crippen molar-refractivity contribution in [3.05, 3.63) is 24.3 Å². The van der Waals surface area contributed by atoms with Gasteiger partial charge in [-0.05, 0) is 37.1 Å². The topological polar surface area (TPSA) is 83.6 Å². The van der Waals surface area contributed by atoms with E-state index in [0.29, 0.717) is 5.69 Å². The van der Waals surface area contributed by atoms with Gasteiger partial charge in [-0.2, -0.15) is 4.31 Å². The van der Waals surface area contributed by atoms with Gasteiger partial charge in [-0.25, -0.2) is 8.42 Å². The molecule has 6 heteroatoms. The fourth-order valence-corrected chi connectivity index (χ4v) is 4.42. The summed E-state index contributed by atoms with van der Waals surface area (Å²) >= 11 is 0. The van der Waals surface area contributed by atoms with Crippen LogP contribution in [0.25, 0.3) is 0 Å². The number of aliphatic hydroxyl groups is 1. The van der Waals surface area contributed by atoms with Crippen LogP contribution in [0.2, 0.25) is 0 Å². The SMILES string of the molecule is Nc1ccc(S(=O)(=O)N(CCO)C2CCCCC2)cc1. The zero-order valence-corrected chi connectivity index (χ0v) is 12.3. The van der Waals surface area contributed by atoms with Crippen molar-refractivity contribution in [3.8, 4) is 0 Å². The number of nitrogens with two attached hydrogens (primary N) is 1. The Labute approximate surface area is 120 Å². The molecule has 1 aromatic carbocycles. The Morgan fingerprint density at radius 1 is 1.15 bits per heavy atom. The van der Waals surface area contributed by atoms with Gasteiger partial charge in [0.05, 0.1) is 11.5 Å². The molecule has 112 valence electrons. The maximum Gasteiger partial charge on any atom is 0.243 e. The minimum absolute atomic E-state index is 0.00143. The molecule has 5 nitrogen and oxygen atoms in total. The molecule has 0 aromatic heterocycles. The molecule has 0 radical (unpaired) electrons. The molecule has 0 atom stereocenters. The summed E-state index contributed by atoms with van der Waals surface area (Å²) in [6.07, 6.45) is 4.99. The van der Waals surface area contributed by atoms with Crippen molar-refractivity contribution in [2.75, 3.05) is 18.9 Å². The number of benzene rings is 1. The summed E-state index contributed by atoms with van der Waals surface area (Å²) in [5.41, 5.74) is 6.14. The van der Waals surface area contributed by atoms with Gasteiger partial charge >= 0.3 is 0 Å². The number of anilines is 1. The molecular weight excluding hydrogens is 276 g/mol. The van der Waals surface area contributed by atoms with Crippen LogP contribution < -0.4 is 5.73 Å². The summed E-state index contributed by atoms with van der Waals surface area (Å²) in [5, 5.41) is 9.20. The molecular formula is C14H22N2O3S. The van der Waals surface area contributed by atoms with E-state index in [1.165, 1.54) is 16.4 Å². The normalized spacial score (nSPS) is 17.5. The third-order valence-electron chi connectivity index (χ3n) is 3.79. The molecule has 1 aromatic rings. The number of rotatable bonds is 5. The highest BCUT2D eigenvalue weighted by molar-refractivity contribution is 7.89. The van der Waals surface area contributed by atoms with Gasteiger partial charge < -0.3 is 10.8 Å². The van der Waals surface area contributed by atoms with Crippen LogP contribution >= 0.6 is 0 Å². The lowest BCUT2D eigenvalue weighted by Crippen LogP contribution is -2.43. The van der Waals surface area contributed by atoms with Crippen molar-refractivity contribution in [1.82, 2.24) is 4.31 Å². The number of nitrogens with zero attached hydrogens (tertiary/aromatic N) is 1. The third-order valence-corrected chi connectivity index (χ3v) is 5.76. The van der Waals surface area contributed by atoms with Gasteiger partial charge in [0.15, 0.2) is 0 Å². The van der Waals surface area contributed by atoms with E-state index in [2.05, 4.69) is 0 Å². The van der Waals surface area contributed by atoms with Gasteiger partial charge in [-0.1, -0.05) is 19.3 Å². The zero-order chi connectivity index (χ0) is 14.6. The highest BCUT2D eigenvalue weighted by Gasteiger charge is 2.31. The van der Waals surface area contributed by atoms with E-state index in [1.807, 2.05) is 0 Å². The van der Waals surface area contributed by atoms with Crippen LogP contribution in [0, 0.1) is 0 Å². The van der Waals surface area contributed by atoms with E-state index in [0.717, 1.165) is 32.1 Å². The maximum absolute atomic E-state index is 12.7. The predicted molar refractivity (Wildman–Crippen MR) is 78.7 cm³/mol. The van der Waals surface area contributed by atoms with E-state index in [9.17, 15) is 13.5 Å². The largest absolute Gasteiger partial charge is 0.399 e. The molecule has 1 saturated carbocycles. The predicted octanol–water partition coefficient (Wildman–Crippen LogP) is 1.58. The molecule has 0 saturated heterocycles. The van der Waals surface area contributed by atoms with E-state index in [1.54, 1.807) is 12.1 Å². The molecule has 1 fully saturated rings. The van der Waals surface area contributed by atoms with Crippen molar-refractivity contribution in [1.29, 1.82) is 0 Å². The van der Waals surface area contributed by atoms with Gasteiger partial charge in [0.25, 0.3) is 0 Å². The molecule has 0 spiro atoms. The highest BCUT2D eigenvalue weighted by Crippen LogP contribution is 2.27. The first-order chi connectivity index (χ1) is 9.55. The van der Waals surface area contributed by atoms with Crippen LogP contribution in [0.4, 0.5) is 5.69 Å². The summed E-state index contributed by atoms with van der Waals surface area (Å²) in [6, 6.07) is 6.23. The number of nitrogen functional groups attached to an aromatic ring is 1. The monoisotopic (exact) mass is 298 g/mol. The van der Waals surface area contributed by atoms with Crippen LogP contribution in [0.3, 0.4) is 0 Å². The second-order valence-electron chi connectivity index (χ2n) is 5.20. The smallest absolute Gasteiger partial charge is 0.243 e. The fraction of sp³-hybridized carbons (Fsp3) is 0.571. The molecule has 0 heterocycles. The van der Waals surface area contributed by atoms with E-state index in [4.69, 9.17) is 5.73 Å². The summed E-state index contributed by atoms with van der Waals surface area (Å²) in [6.45, 7) is -0.0118. The quantitative estimate of drug-likeness (QED) is 0.809. The first kappa shape index (κ1) is 15.3. The zero-order valence-electron chi connectivity index (χ0n) is 11.5. The number of hydrogen-bond acceptors (Lipinski definition) is 4. The number of aliphatic hydroxyl groups excluding tert-OH is 1. The molecule has 0 bridgehead atoms. The summed E-state index contributed by atoms with van der Waals surface area (Å²) in [4.78, 5) is 0.241.